The van der Waals surface area contributed by atoms with Crippen LogP contribution in [-0.2, 0) is 0 Å². The molecule has 0 aliphatic carbocycles. The minimum absolute atomic E-state index is 0.113. The molecule has 0 aliphatic heterocycles. The van der Waals surface area contributed by atoms with E-state index in [1.807, 2.05) is 24.3 Å². The van der Waals surface area contributed by atoms with Gasteiger partial charge in [-0.25, -0.2) is 0 Å². The lowest BCUT2D eigenvalue weighted by Crippen LogP contribution is -2.44. The van der Waals surface area contributed by atoms with E-state index in [0.29, 0.717) is 12.5 Å². The molecular weight excluding hydrogens is 314 g/mol. The van der Waals surface area contributed by atoms with Crippen molar-refractivity contribution in [2.24, 2.45) is 0 Å². The van der Waals surface area contributed by atoms with E-state index in [0.717, 1.165) is 29.6 Å². The van der Waals surface area contributed by atoms with Crippen LogP contribution in [0.2, 0.25) is 0 Å². The van der Waals surface area contributed by atoms with Gasteiger partial charge in [-0.15, -0.1) is 11.6 Å². The number of nitrogens with one attached hydrogen (secondary N) is 1. The summed E-state index contributed by atoms with van der Waals surface area (Å²) in [6.45, 7) is 5.87. The zero-order valence-corrected chi connectivity index (χ0v) is 13.4. The Bertz CT molecular complexity index is 361. The molecule has 0 amide bonds. The Kier molecular flexibility index (Phi) is 7.05. The average Bonchev–Trinajstić information content (AvgIpc) is 2.35. The summed E-state index contributed by atoms with van der Waals surface area (Å²) in [5, 5.41) is 3.51. The molecule has 1 atom stereocenters. The van der Waals surface area contributed by atoms with Gasteiger partial charge in [-0.05, 0) is 38.0 Å². The molecule has 0 spiro atoms. The van der Waals surface area contributed by atoms with Gasteiger partial charge in [0.1, 0.15) is 12.4 Å². The van der Waals surface area contributed by atoms with E-state index in [1.54, 1.807) is 0 Å². The van der Waals surface area contributed by atoms with E-state index >= 15 is 0 Å². The van der Waals surface area contributed by atoms with Crippen molar-refractivity contribution in [2.75, 3.05) is 19.0 Å². The molecular formula is C14H21BrClNO. The van der Waals surface area contributed by atoms with Crippen LogP contribution in [0.15, 0.2) is 28.7 Å². The Morgan fingerprint density at radius 3 is 2.83 bits per heavy atom. The second-order valence-corrected chi connectivity index (χ2v) is 5.88. The van der Waals surface area contributed by atoms with E-state index in [9.17, 15) is 0 Å². The molecule has 1 rings (SSSR count). The molecule has 1 aromatic carbocycles. The number of alkyl halides is 1. The van der Waals surface area contributed by atoms with Gasteiger partial charge in [0, 0.05) is 22.4 Å². The van der Waals surface area contributed by atoms with Crippen LogP contribution in [0.1, 0.15) is 26.7 Å². The molecule has 18 heavy (non-hydrogen) atoms. The van der Waals surface area contributed by atoms with Crippen LogP contribution >= 0.6 is 27.5 Å². The van der Waals surface area contributed by atoms with Gasteiger partial charge in [-0.1, -0.05) is 28.9 Å². The lowest BCUT2D eigenvalue weighted by Gasteiger charge is -2.29. The minimum Gasteiger partial charge on any atom is -0.492 e. The van der Waals surface area contributed by atoms with Crippen molar-refractivity contribution in [1.29, 1.82) is 0 Å². The van der Waals surface area contributed by atoms with E-state index in [4.69, 9.17) is 16.3 Å². The third kappa shape index (κ3) is 5.59. The molecule has 0 bridgehead atoms. The third-order valence-corrected chi connectivity index (χ3v) is 3.83. The lowest BCUT2D eigenvalue weighted by atomic mass is 9.95. The minimum atomic E-state index is 0.113. The fourth-order valence-electron chi connectivity index (χ4n) is 1.68. The monoisotopic (exact) mass is 333 g/mol. The summed E-state index contributed by atoms with van der Waals surface area (Å²) in [6.07, 6.45) is 2.04. The first-order valence-corrected chi connectivity index (χ1v) is 7.62. The second kappa shape index (κ2) is 8.03. The molecule has 0 aromatic heterocycles. The maximum Gasteiger partial charge on any atom is 0.120 e. The van der Waals surface area contributed by atoms with Gasteiger partial charge in [-0.3, -0.25) is 0 Å². The van der Waals surface area contributed by atoms with Gasteiger partial charge < -0.3 is 10.1 Å². The van der Waals surface area contributed by atoms with Crippen molar-refractivity contribution in [3.8, 4) is 5.75 Å². The van der Waals surface area contributed by atoms with E-state index < -0.39 is 0 Å². The summed E-state index contributed by atoms with van der Waals surface area (Å²) < 4.78 is 6.72. The summed E-state index contributed by atoms with van der Waals surface area (Å²) in [5.41, 5.74) is 0.113. The van der Waals surface area contributed by atoms with Crippen LogP contribution in [0.25, 0.3) is 0 Å². The summed E-state index contributed by atoms with van der Waals surface area (Å²) >= 11 is 9.24. The fourth-order valence-corrected chi connectivity index (χ4v) is 2.47. The normalized spacial score (nSPS) is 14.2. The summed E-state index contributed by atoms with van der Waals surface area (Å²) in [5.74, 6) is 1.57. The van der Waals surface area contributed by atoms with Gasteiger partial charge in [0.2, 0.25) is 0 Å². The topological polar surface area (TPSA) is 21.3 Å². The number of rotatable bonds is 8. The van der Waals surface area contributed by atoms with Crippen molar-refractivity contribution in [3.63, 3.8) is 0 Å². The first-order chi connectivity index (χ1) is 8.59. The Morgan fingerprint density at radius 1 is 1.44 bits per heavy atom. The smallest absolute Gasteiger partial charge is 0.120 e. The van der Waals surface area contributed by atoms with Crippen molar-refractivity contribution in [2.45, 2.75) is 32.2 Å². The first-order valence-electron chi connectivity index (χ1n) is 6.29. The Hall–Kier alpha value is -0.250. The Balaban J connectivity index is 2.30. The number of ether oxygens (including phenoxy) is 1. The third-order valence-electron chi connectivity index (χ3n) is 3.15. The summed E-state index contributed by atoms with van der Waals surface area (Å²) in [4.78, 5) is 0. The first kappa shape index (κ1) is 15.8. The molecule has 4 heteroatoms. The molecule has 1 N–H and O–H groups in total. The highest BCUT2D eigenvalue weighted by molar-refractivity contribution is 9.10. The Labute approximate surface area is 123 Å². The molecule has 0 fully saturated rings. The molecule has 2 nitrogen and oxygen atoms in total. The molecule has 1 unspecified atom stereocenters. The second-order valence-electron chi connectivity index (χ2n) is 4.59. The van der Waals surface area contributed by atoms with Crippen molar-refractivity contribution < 1.29 is 4.74 Å². The predicted octanol–water partition coefficient (Wildman–Crippen LogP) is 4.22. The van der Waals surface area contributed by atoms with Crippen LogP contribution in [0.5, 0.6) is 5.75 Å². The van der Waals surface area contributed by atoms with Crippen LogP contribution in [0, 0.1) is 0 Å². The van der Waals surface area contributed by atoms with Gasteiger partial charge in [0.15, 0.2) is 0 Å². The predicted molar refractivity (Wildman–Crippen MR) is 81.7 cm³/mol. The highest BCUT2D eigenvalue weighted by Crippen LogP contribution is 2.18. The highest BCUT2D eigenvalue weighted by Gasteiger charge is 2.19. The molecule has 0 saturated heterocycles. The molecule has 0 heterocycles. The number of hydrogen-bond acceptors (Lipinski definition) is 2. The van der Waals surface area contributed by atoms with Gasteiger partial charge in [0.05, 0.1) is 0 Å². The van der Waals surface area contributed by atoms with Crippen LogP contribution in [-0.4, -0.2) is 24.6 Å². The van der Waals surface area contributed by atoms with Crippen LogP contribution in [0.3, 0.4) is 0 Å². The maximum atomic E-state index is 5.81. The quantitative estimate of drug-likeness (QED) is 0.568. The number of benzene rings is 1. The SMILES string of the molecule is CCC(C)(CCCl)NCCOc1cccc(Br)c1. The van der Waals surface area contributed by atoms with Crippen molar-refractivity contribution in [3.05, 3.63) is 28.7 Å². The molecule has 0 aliphatic rings. The van der Waals surface area contributed by atoms with E-state index in [1.165, 1.54) is 0 Å². The van der Waals surface area contributed by atoms with Crippen molar-refractivity contribution >= 4 is 27.5 Å². The number of hydrogen-bond donors (Lipinski definition) is 1. The van der Waals surface area contributed by atoms with Gasteiger partial charge in [-0.2, -0.15) is 0 Å². The highest BCUT2D eigenvalue weighted by atomic mass is 79.9. The molecule has 0 radical (unpaired) electrons. The zero-order valence-electron chi connectivity index (χ0n) is 11.0. The van der Waals surface area contributed by atoms with Gasteiger partial charge in [0.25, 0.3) is 0 Å². The van der Waals surface area contributed by atoms with E-state index in [-0.39, 0.29) is 5.54 Å². The summed E-state index contributed by atoms with van der Waals surface area (Å²) in [7, 11) is 0. The maximum absolute atomic E-state index is 5.81. The van der Waals surface area contributed by atoms with Gasteiger partial charge >= 0.3 is 0 Å². The Morgan fingerprint density at radius 2 is 2.22 bits per heavy atom. The fraction of sp³-hybridized carbons (Fsp3) is 0.571. The standard InChI is InChI=1S/C14H21BrClNO/c1-3-14(2,7-8-16)17-9-10-18-13-6-4-5-12(15)11-13/h4-6,11,17H,3,7-10H2,1-2H3. The van der Waals surface area contributed by atoms with Crippen LogP contribution < -0.4 is 10.1 Å². The van der Waals surface area contributed by atoms with Crippen molar-refractivity contribution in [1.82, 2.24) is 5.32 Å². The largest absolute Gasteiger partial charge is 0.492 e. The van der Waals surface area contributed by atoms with E-state index in [2.05, 4.69) is 35.1 Å². The average molecular weight is 335 g/mol. The molecule has 1 aromatic rings. The van der Waals surface area contributed by atoms with Crippen LogP contribution in [0.4, 0.5) is 0 Å². The lowest BCUT2D eigenvalue weighted by molar-refractivity contribution is 0.267. The summed E-state index contributed by atoms with van der Waals surface area (Å²) in [6, 6.07) is 7.89. The molecule has 0 saturated carbocycles. The number of halogens is 2. The zero-order chi connectivity index (χ0) is 13.4. The molecule has 102 valence electrons.